The number of carbonyl (C=O) groups excluding carboxylic acids is 1. The van der Waals surface area contributed by atoms with Gasteiger partial charge in [-0.15, -0.1) is 0 Å². The highest BCUT2D eigenvalue weighted by Gasteiger charge is 2.25. The van der Waals surface area contributed by atoms with Crippen LogP contribution in [0.3, 0.4) is 0 Å². The summed E-state index contributed by atoms with van der Waals surface area (Å²) in [6.07, 6.45) is 1.77. The zero-order valence-corrected chi connectivity index (χ0v) is 12.7. The maximum Gasteiger partial charge on any atom is 0.256 e. The molecule has 1 amide bonds. The predicted molar refractivity (Wildman–Crippen MR) is 84.9 cm³/mol. The summed E-state index contributed by atoms with van der Waals surface area (Å²) < 4.78 is 1.75. The molecule has 0 aliphatic carbocycles. The Morgan fingerprint density at radius 3 is 3.00 bits per heavy atom. The lowest BCUT2D eigenvalue weighted by atomic mass is 10.1. The van der Waals surface area contributed by atoms with Gasteiger partial charge in [0.1, 0.15) is 10.8 Å². The van der Waals surface area contributed by atoms with Crippen LogP contribution in [0.1, 0.15) is 22.0 Å². The number of imidazole rings is 1. The molecule has 2 N–H and O–H groups in total. The summed E-state index contributed by atoms with van der Waals surface area (Å²) >= 11 is 1.50. The second kappa shape index (κ2) is 4.41. The van der Waals surface area contributed by atoms with Gasteiger partial charge >= 0.3 is 0 Å². The molecule has 0 bridgehead atoms. The zero-order valence-electron chi connectivity index (χ0n) is 11.9. The summed E-state index contributed by atoms with van der Waals surface area (Å²) in [4.78, 5) is 17.5. The SMILES string of the molecule is Cc1nn2c(/C=C3\C(=O)Nc4ccc(O)cc43)c(C)nc2s1. The average Bonchev–Trinajstić information content (AvgIpc) is 3.04. The lowest BCUT2D eigenvalue weighted by Crippen LogP contribution is -2.04. The number of aromatic hydroxyl groups is 1. The Morgan fingerprint density at radius 1 is 1.36 bits per heavy atom. The fraction of sp³-hybridized carbons (Fsp3) is 0.133. The van der Waals surface area contributed by atoms with Crippen molar-refractivity contribution in [3.05, 3.63) is 40.2 Å². The second-order valence-corrected chi connectivity index (χ2v) is 6.30. The summed E-state index contributed by atoms with van der Waals surface area (Å²) in [5, 5.41) is 17.8. The van der Waals surface area contributed by atoms with Gasteiger partial charge in [-0.3, -0.25) is 4.79 Å². The summed E-state index contributed by atoms with van der Waals surface area (Å²) in [7, 11) is 0. The Balaban J connectivity index is 1.94. The van der Waals surface area contributed by atoms with Crippen molar-refractivity contribution in [1.29, 1.82) is 0 Å². The number of nitrogens with zero attached hydrogens (tertiary/aromatic N) is 3. The Hall–Kier alpha value is -2.67. The van der Waals surface area contributed by atoms with E-state index in [1.807, 2.05) is 13.8 Å². The molecule has 7 heteroatoms. The molecule has 0 saturated heterocycles. The fourth-order valence-electron chi connectivity index (χ4n) is 2.58. The number of rotatable bonds is 1. The number of fused-ring (bicyclic) bond motifs is 2. The maximum atomic E-state index is 12.2. The number of amides is 1. The van der Waals surface area contributed by atoms with Crippen LogP contribution in [0, 0.1) is 13.8 Å². The number of carbonyl (C=O) groups is 1. The number of hydrogen-bond donors (Lipinski definition) is 2. The third-order valence-electron chi connectivity index (χ3n) is 3.59. The molecule has 0 fully saturated rings. The van der Waals surface area contributed by atoms with Gasteiger partial charge < -0.3 is 10.4 Å². The van der Waals surface area contributed by atoms with E-state index in [1.54, 1.807) is 28.8 Å². The molecule has 3 heterocycles. The van der Waals surface area contributed by atoms with Gasteiger partial charge in [0, 0.05) is 11.3 Å². The van der Waals surface area contributed by atoms with E-state index in [1.165, 1.54) is 11.3 Å². The van der Waals surface area contributed by atoms with E-state index in [2.05, 4.69) is 15.4 Å². The van der Waals surface area contributed by atoms with Gasteiger partial charge in [0.25, 0.3) is 5.91 Å². The molecule has 6 nitrogen and oxygen atoms in total. The van der Waals surface area contributed by atoms with Crippen molar-refractivity contribution >= 4 is 39.5 Å². The van der Waals surface area contributed by atoms with Gasteiger partial charge in [-0.25, -0.2) is 9.50 Å². The molecule has 1 aliphatic heterocycles. The van der Waals surface area contributed by atoms with Crippen LogP contribution in [-0.4, -0.2) is 25.6 Å². The summed E-state index contributed by atoms with van der Waals surface area (Å²) in [6.45, 7) is 3.81. The molecule has 22 heavy (non-hydrogen) atoms. The van der Waals surface area contributed by atoms with Crippen molar-refractivity contribution in [3.8, 4) is 5.75 Å². The predicted octanol–water partition coefficient (Wildman–Crippen LogP) is 2.61. The van der Waals surface area contributed by atoms with E-state index in [9.17, 15) is 9.90 Å². The Kier molecular flexibility index (Phi) is 2.61. The number of phenolic OH excluding ortho intramolecular Hbond substituents is 1. The quantitative estimate of drug-likeness (QED) is 0.535. The summed E-state index contributed by atoms with van der Waals surface area (Å²) in [5.74, 6) is -0.0669. The molecular formula is C15H12N4O2S. The highest BCUT2D eigenvalue weighted by atomic mass is 32.1. The number of nitrogens with one attached hydrogen (secondary N) is 1. The highest BCUT2D eigenvalue weighted by Crippen LogP contribution is 2.35. The molecule has 0 unspecified atom stereocenters. The van der Waals surface area contributed by atoms with Crippen molar-refractivity contribution in [2.24, 2.45) is 0 Å². The van der Waals surface area contributed by atoms with Crippen LogP contribution in [0.5, 0.6) is 5.75 Å². The normalized spacial score (nSPS) is 15.5. The molecule has 0 radical (unpaired) electrons. The van der Waals surface area contributed by atoms with Crippen molar-refractivity contribution in [2.75, 3.05) is 5.32 Å². The van der Waals surface area contributed by atoms with Gasteiger partial charge in [0.05, 0.1) is 17.0 Å². The number of hydrogen-bond acceptors (Lipinski definition) is 5. The van der Waals surface area contributed by atoms with Crippen molar-refractivity contribution in [1.82, 2.24) is 14.6 Å². The molecule has 110 valence electrons. The van der Waals surface area contributed by atoms with Gasteiger partial charge in [-0.05, 0) is 38.1 Å². The molecule has 4 rings (SSSR count). The first-order valence-corrected chi connectivity index (χ1v) is 7.54. The first-order chi connectivity index (χ1) is 10.5. The first-order valence-electron chi connectivity index (χ1n) is 6.72. The maximum absolute atomic E-state index is 12.2. The van der Waals surface area contributed by atoms with Crippen LogP contribution in [-0.2, 0) is 4.79 Å². The summed E-state index contributed by atoms with van der Waals surface area (Å²) in [5.41, 5.74) is 3.48. The fourth-order valence-corrected chi connectivity index (χ4v) is 3.38. The number of benzene rings is 1. The van der Waals surface area contributed by atoms with E-state index >= 15 is 0 Å². The summed E-state index contributed by atoms with van der Waals surface area (Å²) in [6, 6.07) is 4.82. The van der Waals surface area contributed by atoms with E-state index in [0.29, 0.717) is 16.8 Å². The Morgan fingerprint density at radius 2 is 2.18 bits per heavy atom. The largest absolute Gasteiger partial charge is 0.508 e. The van der Waals surface area contributed by atoms with Crippen LogP contribution in [0.15, 0.2) is 18.2 Å². The third-order valence-corrected chi connectivity index (χ3v) is 4.41. The number of aryl methyl sites for hydroxylation is 2. The minimum Gasteiger partial charge on any atom is -0.508 e. The lowest BCUT2D eigenvalue weighted by Gasteiger charge is -1.99. The molecule has 1 aromatic carbocycles. The van der Waals surface area contributed by atoms with Crippen molar-refractivity contribution < 1.29 is 9.90 Å². The van der Waals surface area contributed by atoms with Gasteiger partial charge in [-0.2, -0.15) is 5.10 Å². The van der Waals surface area contributed by atoms with Crippen LogP contribution in [0.2, 0.25) is 0 Å². The van der Waals surface area contributed by atoms with Gasteiger partial charge in [0.2, 0.25) is 4.96 Å². The minimum absolute atomic E-state index is 0.126. The molecule has 0 saturated carbocycles. The molecule has 3 aromatic rings. The number of anilines is 1. The van der Waals surface area contributed by atoms with Crippen molar-refractivity contribution in [2.45, 2.75) is 13.8 Å². The topological polar surface area (TPSA) is 79.5 Å². The van der Waals surface area contributed by atoms with Crippen LogP contribution >= 0.6 is 11.3 Å². The first kappa shape index (κ1) is 13.0. The monoisotopic (exact) mass is 312 g/mol. The molecule has 0 atom stereocenters. The third kappa shape index (κ3) is 1.82. The molecular weight excluding hydrogens is 300 g/mol. The molecule has 1 aliphatic rings. The van der Waals surface area contributed by atoms with E-state index in [0.717, 1.165) is 21.4 Å². The number of aromatic nitrogens is 3. The molecule has 2 aromatic heterocycles. The van der Waals surface area contributed by atoms with Crippen LogP contribution < -0.4 is 5.32 Å². The lowest BCUT2D eigenvalue weighted by molar-refractivity contribution is -0.110. The Labute approximate surface area is 129 Å². The smallest absolute Gasteiger partial charge is 0.256 e. The van der Waals surface area contributed by atoms with Crippen molar-refractivity contribution in [3.63, 3.8) is 0 Å². The number of phenols is 1. The van der Waals surface area contributed by atoms with Crippen LogP contribution in [0.25, 0.3) is 16.6 Å². The zero-order chi connectivity index (χ0) is 15.4. The van der Waals surface area contributed by atoms with Gasteiger partial charge in [0.15, 0.2) is 0 Å². The minimum atomic E-state index is -0.193. The molecule has 0 spiro atoms. The van der Waals surface area contributed by atoms with Gasteiger partial charge in [-0.1, -0.05) is 11.3 Å². The Bertz CT molecular complexity index is 967. The van der Waals surface area contributed by atoms with Crippen LogP contribution in [0.4, 0.5) is 5.69 Å². The van der Waals surface area contributed by atoms with E-state index < -0.39 is 0 Å². The average molecular weight is 312 g/mol. The van der Waals surface area contributed by atoms with E-state index in [4.69, 9.17) is 0 Å². The standard InChI is InChI=1S/C15H12N4O2S/c1-7-13(19-15(16-7)22-8(2)18-19)6-11-10-5-9(20)3-4-12(10)17-14(11)21/h3-6,20H,1-2H3,(H,17,21)/b11-6-. The van der Waals surface area contributed by atoms with E-state index in [-0.39, 0.29) is 11.7 Å². The second-order valence-electron chi connectivity index (χ2n) is 5.14. The highest BCUT2D eigenvalue weighted by molar-refractivity contribution is 7.16.